The summed E-state index contributed by atoms with van der Waals surface area (Å²) in [5.41, 5.74) is -0.404. The summed E-state index contributed by atoms with van der Waals surface area (Å²) in [7, 11) is 4.24. The number of likely N-dealkylation sites (N-methyl/N-ethyl adjacent to an activating group) is 1. The summed E-state index contributed by atoms with van der Waals surface area (Å²) in [6.07, 6.45) is 1.96. The summed E-state index contributed by atoms with van der Waals surface area (Å²) < 4.78 is 0. The Morgan fingerprint density at radius 3 is 2.14 bits per heavy atom. The highest BCUT2D eigenvalue weighted by Crippen LogP contribution is 2.13. The molecule has 0 saturated heterocycles. The van der Waals surface area contributed by atoms with Crippen molar-refractivity contribution < 1.29 is 0 Å². The van der Waals surface area contributed by atoms with Gasteiger partial charge >= 0.3 is 0 Å². The minimum atomic E-state index is -0.404. The number of nitriles is 1. The second-order valence-corrected chi connectivity index (χ2v) is 7.34. The average Bonchev–Trinajstić information content (AvgIpc) is 2.34. The van der Waals surface area contributed by atoms with Crippen molar-refractivity contribution in [2.24, 2.45) is 5.92 Å². The zero-order chi connectivity index (χ0) is 16.5. The Morgan fingerprint density at radius 1 is 1.10 bits per heavy atom. The van der Waals surface area contributed by atoms with Crippen molar-refractivity contribution in [2.45, 2.75) is 59.0 Å². The fourth-order valence-electron chi connectivity index (χ4n) is 2.61. The van der Waals surface area contributed by atoms with E-state index in [2.05, 4.69) is 63.0 Å². The Kier molecular flexibility index (Phi) is 9.85. The fraction of sp³-hybridized carbons (Fsp3) is 0.941. The second kappa shape index (κ2) is 10.2. The monoisotopic (exact) mass is 296 g/mol. The lowest BCUT2D eigenvalue weighted by atomic mass is 9.96. The SMILES string of the molecule is CC(C)CN(CCCC(C)(C#N)NC(C)C)CCN(C)C. The zero-order valence-corrected chi connectivity index (χ0v) is 15.2. The number of hydrogen-bond donors (Lipinski definition) is 1. The van der Waals surface area contributed by atoms with Crippen molar-refractivity contribution in [3.63, 3.8) is 0 Å². The van der Waals surface area contributed by atoms with Gasteiger partial charge in [0.05, 0.1) is 6.07 Å². The van der Waals surface area contributed by atoms with Crippen molar-refractivity contribution in [3.8, 4) is 6.07 Å². The lowest BCUT2D eigenvalue weighted by molar-refractivity contribution is 0.209. The highest BCUT2D eigenvalue weighted by atomic mass is 15.2. The molecule has 4 heteroatoms. The normalized spacial score (nSPS) is 15.0. The van der Waals surface area contributed by atoms with Gasteiger partial charge in [-0.3, -0.25) is 5.32 Å². The summed E-state index contributed by atoms with van der Waals surface area (Å²) in [5.74, 6) is 0.684. The molecule has 4 nitrogen and oxygen atoms in total. The molecule has 0 aliphatic rings. The third kappa shape index (κ3) is 10.7. The Balaban J connectivity index is 4.30. The first-order valence-corrected chi connectivity index (χ1v) is 8.24. The van der Waals surface area contributed by atoms with Gasteiger partial charge < -0.3 is 9.80 Å². The van der Waals surface area contributed by atoms with Crippen LogP contribution in [0.1, 0.15) is 47.5 Å². The molecule has 0 spiro atoms. The molecule has 1 atom stereocenters. The van der Waals surface area contributed by atoms with Crippen molar-refractivity contribution in [1.82, 2.24) is 15.1 Å². The van der Waals surface area contributed by atoms with Gasteiger partial charge in [-0.2, -0.15) is 5.26 Å². The van der Waals surface area contributed by atoms with E-state index in [1.807, 2.05) is 6.92 Å². The molecule has 1 unspecified atom stereocenters. The summed E-state index contributed by atoms with van der Waals surface area (Å²) >= 11 is 0. The third-order valence-electron chi connectivity index (χ3n) is 3.49. The minimum Gasteiger partial charge on any atom is -0.308 e. The number of nitrogens with one attached hydrogen (secondary N) is 1. The first-order valence-electron chi connectivity index (χ1n) is 8.24. The molecule has 124 valence electrons. The molecule has 0 saturated carbocycles. The van der Waals surface area contributed by atoms with Crippen LogP contribution in [-0.2, 0) is 0 Å². The number of rotatable bonds is 11. The van der Waals surface area contributed by atoms with Gasteiger partial charge in [0.1, 0.15) is 5.54 Å². The van der Waals surface area contributed by atoms with E-state index in [9.17, 15) is 5.26 Å². The highest BCUT2D eigenvalue weighted by molar-refractivity contribution is 5.04. The maximum atomic E-state index is 9.39. The van der Waals surface area contributed by atoms with Gasteiger partial charge in [-0.25, -0.2) is 0 Å². The van der Waals surface area contributed by atoms with Crippen LogP contribution in [-0.4, -0.2) is 61.7 Å². The molecular formula is C17H36N4. The first kappa shape index (κ1) is 20.4. The van der Waals surface area contributed by atoms with Crippen LogP contribution in [0.4, 0.5) is 0 Å². The fourth-order valence-corrected chi connectivity index (χ4v) is 2.61. The Labute approximate surface area is 132 Å². The van der Waals surface area contributed by atoms with Crippen LogP contribution < -0.4 is 5.32 Å². The predicted octanol–water partition coefficient (Wildman–Crippen LogP) is 2.57. The van der Waals surface area contributed by atoms with E-state index in [-0.39, 0.29) is 0 Å². The van der Waals surface area contributed by atoms with Gasteiger partial charge in [-0.1, -0.05) is 13.8 Å². The van der Waals surface area contributed by atoms with Gasteiger partial charge in [-0.05, 0) is 60.2 Å². The van der Waals surface area contributed by atoms with Crippen molar-refractivity contribution in [1.29, 1.82) is 5.26 Å². The van der Waals surface area contributed by atoms with E-state index in [4.69, 9.17) is 0 Å². The average molecular weight is 297 g/mol. The maximum Gasteiger partial charge on any atom is 0.104 e. The van der Waals surface area contributed by atoms with Gasteiger partial charge in [0, 0.05) is 25.7 Å². The molecule has 0 bridgehead atoms. The Hall–Kier alpha value is -0.630. The standard InChI is InChI=1S/C17H36N4/c1-15(2)13-21(12-11-20(6)7)10-8-9-17(5,14-18)19-16(3)4/h15-16,19H,8-13H2,1-7H3. The van der Waals surface area contributed by atoms with E-state index in [0.717, 1.165) is 39.0 Å². The molecule has 0 rings (SSSR count). The van der Waals surface area contributed by atoms with Gasteiger partial charge in [-0.15, -0.1) is 0 Å². The van der Waals surface area contributed by atoms with Gasteiger partial charge in [0.25, 0.3) is 0 Å². The van der Waals surface area contributed by atoms with Crippen LogP contribution in [0.15, 0.2) is 0 Å². The molecule has 1 N–H and O–H groups in total. The summed E-state index contributed by atoms with van der Waals surface area (Å²) in [6, 6.07) is 2.78. The van der Waals surface area contributed by atoms with Crippen LogP contribution in [0.2, 0.25) is 0 Å². The zero-order valence-electron chi connectivity index (χ0n) is 15.2. The van der Waals surface area contributed by atoms with Crippen LogP contribution in [0.25, 0.3) is 0 Å². The van der Waals surface area contributed by atoms with Crippen LogP contribution >= 0.6 is 0 Å². The molecule has 0 aromatic carbocycles. The molecular weight excluding hydrogens is 260 g/mol. The highest BCUT2D eigenvalue weighted by Gasteiger charge is 2.24. The van der Waals surface area contributed by atoms with Crippen molar-refractivity contribution in [2.75, 3.05) is 40.3 Å². The van der Waals surface area contributed by atoms with Crippen LogP contribution in [0, 0.1) is 17.2 Å². The summed E-state index contributed by atoms with van der Waals surface area (Å²) in [6.45, 7) is 15.1. The van der Waals surface area contributed by atoms with E-state index in [0.29, 0.717) is 12.0 Å². The third-order valence-corrected chi connectivity index (χ3v) is 3.49. The molecule has 0 aliphatic carbocycles. The summed E-state index contributed by atoms with van der Waals surface area (Å²) in [5, 5.41) is 12.8. The molecule has 0 aliphatic heterocycles. The molecule has 0 radical (unpaired) electrons. The Bertz CT molecular complexity index is 306. The Morgan fingerprint density at radius 2 is 1.71 bits per heavy atom. The van der Waals surface area contributed by atoms with Gasteiger partial charge in [0.2, 0.25) is 0 Å². The topological polar surface area (TPSA) is 42.3 Å². The largest absolute Gasteiger partial charge is 0.308 e. The van der Waals surface area contributed by atoms with Gasteiger partial charge in [0.15, 0.2) is 0 Å². The molecule has 0 aromatic rings. The second-order valence-electron chi connectivity index (χ2n) is 7.34. The predicted molar refractivity (Wildman–Crippen MR) is 91.4 cm³/mol. The van der Waals surface area contributed by atoms with E-state index >= 15 is 0 Å². The van der Waals surface area contributed by atoms with E-state index in [1.165, 1.54) is 0 Å². The van der Waals surface area contributed by atoms with Crippen molar-refractivity contribution >= 4 is 0 Å². The molecule has 21 heavy (non-hydrogen) atoms. The summed E-state index contributed by atoms with van der Waals surface area (Å²) in [4.78, 5) is 4.75. The molecule has 0 fully saturated rings. The maximum absolute atomic E-state index is 9.39. The lowest BCUT2D eigenvalue weighted by Gasteiger charge is -2.29. The first-order chi connectivity index (χ1) is 9.68. The molecule has 0 amide bonds. The number of hydrogen-bond acceptors (Lipinski definition) is 4. The van der Waals surface area contributed by atoms with Crippen LogP contribution in [0.5, 0.6) is 0 Å². The van der Waals surface area contributed by atoms with Crippen LogP contribution in [0.3, 0.4) is 0 Å². The van der Waals surface area contributed by atoms with Crippen molar-refractivity contribution in [3.05, 3.63) is 0 Å². The van der Waals surface area contributed by atoms with E-state index in [1.54, 1.807) is 0 Å². The smallest absolute Gasteiger partial charge is 0.104 e. The molecule has 0 heterocycles. The lowest BCUT2D eigenvalue weighted by Crippen LogP contribution is -2.45. The minimum absolute atomic E-state index is 0.343. The number of nitrogens with zero attached hydrogens (tertiary/aromatic N) is 3. The van der Waals surface area contributed by atoms with E-state index < -0.39 is 5.54 Å². The quantitative estimate of drug-likeness (QED) is 0.636. The molecule has 0 aromatic heterocycles.